The number of benzene rings is 1. The number of piperidine rings is 1. The fourth-order valence-electron chi connectivity index (χ4n) is 6.93. The molecule has 2 unspecified atom stereocenters. The molecule has 6 heteroatoms. The summed E-state index contributed by atoms with van der Waals surface area (Å²) in [6.07, 6.45) is 7.88. The van der Waals surface area contributed by atoms with Crippen molar-refractivity contribution in [3.05, 3.63) is 54.1 Å². The summed E-state index contributed by atoms with van der Waals surface area (Å²) in [5.74, 6) is 0.841. The third-order valence-electron chi connectivity index (χ3n) is 7.99. The topological polar surface area (TPSA) is 71.4 Å². The Morgan fingerprint density at radius 2 is 1.61 bits per heavy atom. The third-order valence-corrected chi connectivity index (χ3v) is 7.99. The largest absolute Gasteiger partial charge is 0.497 e. The van der Waals surface area contributed by atoms with Gasteiger partial charge in [0.25, 0.3) is 0 Å². The Labute approximate surface area is 164 Å². The van der Waals surface area contributed by atoms with Gasteiger partial charge >= 0.3 is 0 Å². The number of likely N-dealkylation sites (tertiary alicyclic amines) is 1. The van der Waals surface area contributed by atoms with Crippen LogP contribution in [0.2, 0.25) is 0 Å². The van der Waals surface area contributed by atoms with Crippen LogP contribution in [0.1, 0.15) is 5.56 Å². The van der Waals surface area contributed by atoms with Crippen molar-refractivity contribution >= 4 is 0 Å². The maximum atomic E-state index is 10.7. The Bertz CT molecular complexity index is 841. The number of ether oxygens (including phenoxy) is 3. The summed E-state index contributed by atoms with van der Waals surface area (Å²) in [6.45, 7) is 1.97. The van der Waals surface area contributed by atoms with E-state index in [1.165, 1.54) is 5.56 Å². The predicted molar refractivity (Wildman–Crippen MR) is 101 cm³/mol. The third kappa shape index (κ3) is 1.58. The minimum atomic E-state index is -0.656. The van der Waals surface area contributed by atoms with Crippen LogP contribution >= 0.6 is 0 Å². The van der Waals surface area contributed by atoms with Crippen LogP contribution in [-0.2, 0) is 16.0 Å². The zero-order valence-corrected chi connectivity index (χ0v) is 15.9. The van der Waals surface area contributed by atoms with Gasteiger partial charge in [0.1, 0.15) is 17.0 Å². The van der Waals surface area contributed by atoms with Gasteiger partial charge in [-0.1, -0.05) is 36.4 Å². The molecule has 2 spiro atoms. The van der Waals surface area contributed by atoms with E-state index >= 15 is 0 Å². The first kappa shape index (κ1) is 17.2. The highest BCUT2D eigenvalue weighted by molar-refractivity contribution is 5.49. The van der Waals surface area contributed by atoms with Crippen molar-refractivity contribution in [2.45, 2.75) is 30.0 Å². The number of hydrogen-bond acceptors (Lipinski definition) is 6. The zero-order chi connectivity index (χ0) is 19.2. The van der Waals surface area contributed by atoms with E-state index in [0.29, 0.717) is 13.1 Å². The highest BCUT2D eigenvalue weighted by atomic mass is 16.6. The normalized spacial score (nSPS) is 47.1. The van der Waals surface area contributed by atoms with Crippen LogP contribution in [0, 0.1) is 10.8 Å². The van der Waals surface area contributed by atoms with E-state index in [1.807, 2.05) is 12.1 Å². The monoisotopic (exact) mass is 383 g/mol. The fraction of sp³-hybridized carbons (Fsp3) is 0.545. The van der Waals surface area contributed by atoms with Crippen molar-refractivity contribution < 1.29 is 24.4 Å². The number of fused-ring (bicyclic) bond motifs is 4. The number of aliphatic hydroxyl groups excluding tert-OH is 2. The van der Waals surface area contributed by atoms with Gasteiger partial charge in [0.05, 0.1) is 43.4 Å². The molecule has 3 fully saturated rings. The molecule has 1 aromatic carbocycles. The van der Waals surface area contributed by atoms with Crippen LogP contribution in [0.4, 0.5) is 0 Å². The Hall–Kier alpha value is -1.70. The summed E-state index contributed by atoms with van der Waals surface area (Å²) in [7, 11) is 1.67. The Morgan fingerprint density at radius 1 is 1.00 bits per heavy atom. The Balaban J connectivity index is 1.42. The van der Waals surface area contributed by atoms with Crippen LogP contribution in [-0.4, -0.2) is 71.9 Å². The SMILES string of the molecule is COc1ccc(CN2C[C@@]34C=C[C@@H](O3)C3(CO)[C@@H]5C=C[C@@](C2)(O5)C34CO)cc1. The number of aliphatic hydroxyl groups is 2. The second-order valence-electron chi connectivity index (χ2n) is 8.83. The minimum Gasteiger partial charge on any atom is -0.497 e. The van der Waals surface area contributed by atoms with Crippen molar-refractivity contribution in [2.24, 2.45) is 10.8 Å². The standard InChI is InChI=1S/C22H25NO5/c1-26-16-4-2-15(3-5-16)10-23-11-19-8-6-17(27-19)21(13-24)18-7-9-20(12-23,28-18)22(19,21)14-25/h2-9,17-18,24-25H,10-14H2,1H3/t17-,18+,19-,20+,21?,22?. The van der Waals surface area contributed by atoms with Crippen LogP contribution in [0.5, 0.6) is 5.75 Å². The summed E-state index contributed by atoms with van der Waals surface area (Å²) in [6, 6.07) is 8.09. The average molecular weight is 383 g/mol. The van der Waals surface area contributed by atoms with E-state index < -0.39 is 22.0 Å². The molecule has 5 aliphatic heterocycles. The van der Waals surface area contributed by atoms with Crippen LogP contribution < -0.4 is 4.74 Å². The van der Waals surface area contributed by atoms with Crippen molar-refractivity contribution in [3.8, 4) is 5.75 Å². The van der Waals surface area contributed by atoms with Gasteiger partial charge in [-0.3, -0.25) is 4.90 Å². The van der Waals surface area contributed by atoms with Gasteiger partial charge < -0.3 is 24.4 Å². The summed E-state index contributed by atoms with van der Waals surface area (Å²) in [5, 5.41) is 21.2. The highest BCUT2D eigenvalue weighted by Gasteiger charge is 2.88. The highest BCUT2D eigenvalue weighted by Crippen LogP contribution is 2.76. The number of rotatable bonds is 5. The molecule has 0 saturated carbocycles. The first-order chi connectivity index (χ1) is 13.6. The van der Waals surface area contributed by atoms with Crippen LogP contribution in [0.25, 0.3) is 0 Å². The van der Waals surface area contributed by atoms with Crippen molar-refractivity contribution in [1.29, 1.82) is 0 Å². The Kier molecular flexibility index (Phi) is 3.23. The molecule has 6 nitrogen and oxygen atoms in total. The summed E-state index contributed by atoms with van der Waals surface area (Å²) < 4.78 is 18.4. The van der Waals surface area contributed by atoms with Crippen molar-refractivity contribution in [1.82, 2.24) is 4.90 Å². The molecule has 0 amide bonds. The molecule has 4 bridgehead atoms. The molecule has 1 aromatic rings. The molecule has 0 radical (unpaired) electrons. The smallest absolute Gasteiger partial charge is 0.118 e. The van der Waals surface area contributed by atoms with Gasteiger partial charge in [0.2, 0.25) is 0 Å². The number of nitrogens with zero attached hydrogens (tertiary/aromatic N) is 1. The first-order valence-corrected chi connectivity index (χ1v) is 9.90. The molecule has 0 aromatic heterocycles. The van der Waals surface area contributed by atoms with Gasteiger partial charge in [-0.25, -0.2) is 0 Å². The predicted octanol–water partition coefficient (Wildman–Crippen LogP) is 0.883. The average Bonchev–Trinajstić information content (AvgIpc) is 3.43. The lowest BCUT2D eigenvalue weighted by atomic mass is 9.45. The van der Waals surface area contributed by atoms with Gasteiger partial charge in [-0.15, -0.1) is 0 Å². The van der Waals surface area contributed by atoms with E-state index in [4.69, 9.17) is 14.2 Å². The van der Waals surface area contributed by atoms with Crippen LogP contribution in [0.3, 0.4) is 0 Å². The first-order valence-electron chi connectivity index (χ1n) is 9.90. The summed E-state index contributed by atoms with van der Waals surface area (Å²) >= 11 is 0. The molecular weight excluding hydrogens is 358 g/mol. The van der Waals surface area contributed by atoms with E-state index in [-0.39, 0.29) is 25.4 Å². The lowest BCUT2D eigenvalue weighted by molar-refractivity contribution is -0.186. The van der Waals surface area contributed by atoms with Gasteiger partial charge in [-0.05, 0) is 17.7 Å². The van der Waals surface area contributed by atoms with Crippen LogP contribution in [0.15, 0.2) is 48.6 Å². The van der Waals surface area contributed by atoms with Gasteiger partial charge in [-0.2, -0.15) is 0 Å². The van der Waals surface area contributed by atoms with E-state index in [2.05, 4.69) is 41.3 Å². The van der Waals surface area contributed by atoms with Crippen molar-refractivity contribution in [3.63, 3.8) is 0 Å². The quantitative estimate of drug-likeness (QED) is 0.736. The summed E-state index contributed by atoms with van der Waals surface area (Å²) in [5.41, 5.74) is -1.39. The molecule has 28 heavy (non-hydrogen) atoms. The minimum absolute atomic E-state index is 0.0560. The van der Waals surface area contributed by atoms with Crippen molar-refractivity contribution in [2.75, 3.05) is 33.4 Å². The second kappa shape index (κ2) is 5.26. The van der Waals surface area contributed by atoms with E-state index in [0.717, 1.165) is 12.3 Å². The molecule has 3 saturated heterocycles. The molecule has 2 N–H and O–H groups in total. The molecular formula is C22H25NO5. The van der Waals surface area contributed by atoms with Gasteiger partial charge in [0, 0.05) is 19.6 Å². The van der Waals surface area contributed by atoms with Gasteiger partial charge in [0.15, 0.2) is 0 Å². The maximum absolute atomic E-state index is 10.7. The summed E-state index contributed by atoms with van der Waals surface area (Å²) in [4.78, 5) is 2.34. The fourth-order valence-corrected chi connectivity index (χ4v) is 6.93. The Morgan fingerprint density at radius 3 is 2.11 bits per heavy atom. The molecule has 5 heterocycles. The zero-order valence-electron chi connectivity index (χ0n) is 15.9. The molecule has 0 aliphatic carbocycles. The second-order valence-corrected chi connectivity index (χ2v) is 8.83. The maximum Gasteiger partial charge on any atom is 0.118 e. The molecule has 148 valence electrons. The lowest BCUT2D eigenvalue weighted by Crippen LogP contribution is -2.74. The van der Waals surface area contributed by atoms with E-state index in [9.17, 15) is 10.2 Å². The number of methoxy groups -OCH3 is 1. The lowest BCUT2D eigenvalue weighted by Gasteiger charge is -2.60. The molecule has 6 atom stereocenters. The molecule has 6 rings (SSSR count). The van der Waals surface area contributed by atoms with E-state index in [1.54, 1.807) is 7.11 Å². The molecule has 5 aliphatic rings. The number of hydrogen-bond donors (Lipinski definition) is 2.